The maximum atomic E-state index is 11.6. The van der Waals surface area contributed by atoms with Gasteiger partial charge in [0.1, 0.15) is 12.0 Å². The monoisotopic (exact) mass is 281 g/mol. The van der Waals surface area contributed by atoms with Crippen molar-refractivity contribution in [2.24, 2.45) is 0 Å². The predicted molar refractivity (Wildman–Crippen MR) is 80.3 cm³/mol. The molecule has 0 radical (unpaired) electrons. The van der Waals surface area contributed by atoms with E-state index < -0.39 is 0 Å². The highest BCUT2D eigenvalue weighted by Gasteiger charge is 2.25. The normalized spacial score (nSPS) is 16.6. The average molecular weight is 281 g/mol. The van der Waals surface area contributed by atoms with E-state index in [-0.39, 0.29) is 12.5 Å². The van der Waals surface area contributed by atoms with E-state index in [9.17, 15) is 4.79 Å². The molecule has 0 atom stereocenters. The Labute approximate surface area is 122 Å². The van der Waals surface area contributed by atoms with Gasteiger partial charge in [0.05, 0.1) is 6.54 Å². The molecule has 3 heterocycles. The van der Waals surface area contributed by atoms with E-state index in [2.05, 4.69) is 49.8 Å². The third-order valence-corrected chi connectivity index (χ3v) is 3.94. The van der Waals surface area contributed by atoms with Gasteiger partial charge >= 0.3 is 0 Å². The molecule has 0 saturated heterocycles. The lowest BCUT2D eigenvalue weighted by atomic mass is 10.00. The number of aromatic nitrogens is 2. The highest BCUT2D eigenvalue weighted by molar-refractivity contribution is 6.02. The van der Waals surface area contributed by atoms with Gasteiger partial charge in [-0.05, 0) is 17.5 Å². The number of carbonyl (C=O) groups excluding carboxylic acids is 1. The molecule has 0 aliphatic carbocycles. The standard InChI is InChI=1S/C15H15N5O/c21-12-7-16-14-13(19-12)15(18-9-17-14)20-6-5-10-3-1-2-4-11(10)8-20/h1-4,9H,5-8H2,(H,19,21)(H,16,17,18). The Balaban J connectivity index is 1.71. The molecular weight excluding hydrogens is 266 g/mol. The van der Waals surface area contributed by atoms with Crippen molar-refractivity contribution in [1.29, 1.82) is 0 Å². The first-order valence-corrected chi connectivity index (χ1v) is 7.02. The van der Waals surface area contributed by atoms with Crippen LogP contribution in [0.5, 0.6) is 0 Å². The van der Waals surface area contributed by atoms with E-state index in [0.717, 1.165) is 25.3 Å². The van der Waals surface area contributed by atoms with Gasteiger partial charge in [0.25, 0.3) is 0 Å². The number of nitrogens with zero attached hydrogens (tertiary/aromatic N) is 3. The first-order chi connectivity index (χ1) is 10.3. The average Bonchev–Trinajstić information content (AvgIpc) is 2.54. The molecule has 0 saturated carbocycles. The van der Waals surface area contributed by atoms with Crippen LogP contribution in [0.2, 0.25) is 0 Å². The minimum absolute atomic E-state index is 0.0593. The first-order valence-electron chi connectivity index (χ1n) is 7.02. The van der Waals surface area contributed by atoms with Gasteiger partial charge in [0.2, 0.25) is 5.91 Å². The Morgan fingerprint density at radius 3 is 2.90 bits per heavy atom. The fraction of sp³-hybridized carbons (Fsp3) is 0.267. The van der Waals surface area contributed by atoms with Gasteiger partial charge in [-0.2, -0.15) is 0 Å². The van der Waals surface area contributed by atoms with E-state index in [1.54, 1.807) is 6.33 Å². The summed E-state index contributed by atoms with van der Waals surface area (Å²) in [6.07, 6.45) is 2.52. The van der Waals surface area contributed by atoms with Crippen molar-refractivity contribution in [3.63, 3.8) is 0 Å². The summed E-state index contributed by atoms with van der Waals surface area (Å²) in [4.78, 5) is 22.4. The Hall–Kier alpha value is -2.63. The van der Waals surface area contributed by atoms with Crippen molar-refractivity contribution >= 4 is 23.2 Å². The van der Waals surface area contributed by atoms with Crippen LogP contribution in [0.3, 0.4) is 0 Å². The maximum absolute atomic E-state index is 11.6. The summed E-state index contributed by atoms with van der Waals surface area (Å²) in [5.74, 6) is 1.42. The molecule has 1 aromatic carbocycles. The third-order valence-electron chi connectivity index (χ3n) is 3.94. The largest absolute Gasteiger partial charge is 0.359 e. The minimum Gasteiger partial charge on any atom is -0.359 e. The van der Waals surface area contributed by atoms with Crippen LogP contribution in [0.25, 0.3) is 0 Å². The number of rotatable bonds is 1. The van der Waals surface area contributed by atoms with Gasteiger partial charge in [0.15, 0.2) is 11.6 Å². The number of benzene rings is 1. The zero-order valence-electron chi connectivity index (χ0n) is 11.5. The lowest BCUT2D eigenvalue weighted by Crippen LogP contribution is -2.34. The molecule has 4 rings (SSSR count). The summed E-state index contributed by atoms with van der Waals surface area (Å²) >= 11 is 0. The van der Waals surface area contributed by atoms with Crippen LogP contribution in [-0.4, -0.2) is 29.0 Å². The lowest BCUT2D eigenvalue weighted by molar-refractivity contribution is -0.114. The summed E-state index contributed by atoms with van der Waals surface area (Å²) in [6, 6.07) is 8.45. The Morgan fingerprint density at radius 2 is 2.00 bits per heavy atom. The highest BCUT2D eigenvalue weighted by atomic mass is 16.2. The van der Waals surface area contributed by atoms with Crippen LogP contribution in [0, 0.1) is 0 Å². The summed E-state index contributed by atoms with van der Waals surface area (Å²) in [7, 11) is 0. The minimum atomic E-state index is -0.0593. The summed E-state index contributed by atoms with van der Waals surface area (Å²) in [6.45, 7) is 1.94. The maximum Gasteiger partial charge on any atom is 0.243 e. The second-order valence-electron chi connectivity index (χ2n) is 5.26. The van der Waals surface area contributed by atoms with Crippen molar-refractivity contribution in [2.45, 2.75) is 13.0 Å². The molecule has 2 N–H and O–H groups in total. The molecule has 1 amide bonds. The zero-order valence-corrected chi connectivity index (χ0v) is 11.5. The summed E-state index contributed by atoms with van der Waals surface area (Å²) in [5, 5.41) is 5.90. The van der Waals surface area contributed by atoms with Crippen LogP contribution in [0.4, 0.5) is 17.3 Å². The van der Waals surface area contributed by atoms with Crippen LogP contribution in [-0.2, 0) is 17.8 Å². The number of anilines is 3. The SMILES string of the molecule is O=C1CNc2ncnc(N3CCc4ccccc4C3)c2N1. The molecule has 0 fully saturated rings. The second kappa shape index (κ2) is 4.73. The van der Waals surface area contributed by atoms with E-state index in [1.807, 2.05) is 0 Å². The quantitative estimate of drug-likeness (QED) is 0.827. The van der Waals surface area contributed by atoms with Crippen LogP contribution < -0.4 is 15.5 Å². The van der Waals surface area contributed by atoms with Gasteiger partial charge in [-0.15, -0.1) is 0 Å². The lowest BCUT2D eigenvalue weighted by Gasteiger charge is -2.32. The summed E-state index contributed by atoms with van der Waals surface area (Å²) < 4.78 is 0. The van der Waals surface area contributed by atoms with Gasteiger partial charge in [-0.25, -0.2) is 9.97 Å². The van der Waals surface area contributed by atoms with Gasteiger partial charge < -0.3 is 15.5 Å². The molecule has 21 heavy (non-hydrogen) atoms. The van der Waals surface area contributed by atoms with Crippen LogP contribution >= 0.6 is 0 Å². The highest BCUT2D eigenvalue weighted by Crippen LogP contribution is 2.33. The van der Waals surface area contributed by atoms with Gasteiger partial charge in [-0.1, -0.05) is 24.3 Å². The number of hydrogen-bond acceptors (Lipinski definition) is 5. The number of carbonyl (C=O) groups is 1. The molecule has 2 aromatic rings. The molecule has 0 spiro atoms. The number of nitrogens with one attached hydrogen (secondary N) is 2. The van der Waals surface area contributed by atoms with Crippen molar-refractivity contribution in [1.82, 2.24) is 9.97 Å². The van der Waals surface area contributed by atoms with Crippen LogP contribution in [0.15, 0.2) is 30.6 Å². The number of fused-ring (bicyclic) bond motifs is 2. The molecule has 0 unspecified atom stereocenters. The number of amides is 1. The Morgan fingerprint density at radius 1 is 1.14 bits per heavy atom. The molecule has 6 heteroatoms. The smallest absolute Gasteiger partial charge is 0.243 e. The van der Waals surface area contributed by atoms with E-state index in [0.29, 0.717) is 11.5 Å². The predicted octanol–water partition coefficient (Wildman–Crippen LogP) is 1.40. The van der Waals surface area contributed by atoms with E-state index >= 15 is 0 Å². The van der Waals surface area contributed by atoms with Crippen LogP contribution in [0.1, 0.15) is 11.1 Å². The molecule has 106 valence electrons. The zero-order chi connectivity index (χ0) is 14.2. The van der Waals surface area contributed by atoms with Crippen molar-refractivity contribution < 1.29 is 4.79 Å². The topological polar surface area (TPSA) is 70.2 Å². The van der Waals surface area contributed by atoms with E-state index in [4.69, 9.17) is 0 Å². The third kappa shape index (κ3) is 2.08. The van der Waals surface area contributed by atoms with Gasteiger partial charge in [0, 0.05) is 13.1 Å². The van der Waals surface area contributed by atoms with Crippen molar-refractivity contribution in [3.8, 4) is 0 Å². The van der Waals surface area contributed by atoms with Crippen molar-refractivity contribution in [3.05, 3.63) is 41.7 Å². The van der Waals surface area contributed by atoms with Crippen molar-refractivity contribution in [2.75, 3.05) is 28.6 Å². The molecule has 2 aliphatic rings. The summed E-state index contributed by atoms with van der Waals surface area (Å²) in [5.41, 5.74) is 3.39. The van der Waals surface area contributed by atoms with Gasteiger partial charge in [-0.3, -0.25) is 4.79 Å². The Kier molecular flexibility index (Phi) is 2.73. The fourth-order valence-corrected chi connectivity index (χ4v) is 2.89. The molecular formula is C15H15N5O. The first kappa shape index (κ1) is 12.1. The Bertz CT molecular complexity index is 715. The molecule has 6 nitrogen and oxygen atoms in total. The molecule has 1 aromatic heterocycles. The number of hydrogen-bond donors (Lipinski definition) is 2. The second-order valence-corrected chi connectivity index (χ2v) is 5.26. The molecule has 2 aliphatic heterocycles. The fourth-order valence-electron chi connectivity index (χ4n) is 2.89. The molecule has 0 bridgehead atoms. The van der Waals surface area contributed by atoms with E-state index in [1.165, 1.54) is 11.1 Å².